The van der Waals surface area contributed by atoms with Gasteiger partial charge in [-0.05, 0) is 35.6 Å². The molecule has 1 aliphatic heterocycles. The number of rotatable bonds is 13. The van der Waals surface area contributed by atoms with E-state index in [2.05, 4.69) is 5.32 Å². The zero-order valence-electron chi connectivity index (χ0n) is 26.2. The molecule has 0 saturated heterocycles. The Balaban J connectivity index is 1.40. The average Bonchev–Trinajstić information content (AvgIpc) is 3.20. The number of esters is 3. The summed E-state index contributed by atoms with van der Waals surface area (Å²) in [5.74, 6) is -2.10. The largest absolute Gasteiger partial charge is 0.460 e. The van der Waals surface area contributed by atoms with Gasteiger partial charge in [0.1, 0.15) is 31.9 Å². The van der Waals surface area contributed by atoms with E-state index in [1.807, 2.05) is 91.0 Å². The molecular weight excluding hydrogens is 596 g/mol. The van der Waals surface area contributed by atoms with Crippen molar-refractivity contribution in [3.63, 3.8) is 0 Å². The van der Waals surface area contributed by atoms with E-state index >= 15 is 0 Å². The smallest absolute Gasteiger partial charge is 0.326 e. The lowest BCUT2D eigenvalue weighted by Gasteiger charge is -2.28. The van der Waals surface area contributed by atoms with Gasteiger partial charge in [0.2, 0.25) is 5.91 Å². The SMILES string of the molecule is CC(=O)O[C@@H]1C[C@H](N[C@@H](CCc2ccccc2)C(=O)OCc2ccccc2)C(=O)N(CC(=O)OCc2ccccc2)c2ccccc21. The normalized spacial score (nSPS) is 16.4. The molecule has 9 nitrogen and oxygen atoms in total. The molecular formula is C38H38N2O7. The van der Waals surface area contributed by atoms with Gasteiger partial charge in [0.15, 0.2) is 0 Å². The number of anilines is 1. The number of nitrogens with zero attached hydrogens (tertiary/aromatic N) is 1. The van der Waals surface area contributed by atoms with Crippen LogP contribution in [0.15, 0.2) is 115 Å². The second kappa shape index (κ2) is 16.3. The molecule has 47 heavy (non-hydrogen) atoms. The van der Waals surface area contributed by atoms with Gasteiger partial charge in [-0.15, -0.1) is 0 Å². The van der Waals surface area contributed by atoms with E-state index in [9.17, 15) is 19.2 Å². The van der Waals surface area contributed by atoms with Gasteiger partial charge in [-0.2, -0.15) is 0 Å². The summed E-state index contributed by atoms with van der Waals surface area (Å²) in [6.45, 7) is 1.06. The first kappa shape index (κ1) is 33.1. The summed E-state index contributed by atoms with van der Waals surface area (Å²) in [4.78, 5) is 54.6. The van der Waals surface area contributed by atoms with Gasteiger partial charge in [-0.25, -0.2) is 0 Å². The van der Waals surface area contributed by atoms with Gasteiger partial charge < -0.3 is 14.2 Å². The standard InChI is InChI=1S/C38H38N2O7/c1-27(41)47-35-23-33(39-32(22-21-28-13-5-2-6-14-28)38(44)46-26-30-17-9-4-10-18-30)37(43)40(34-20-12-11-19-31(34)35)24-36(42)45-25-29-15-7-3-8-16-29/h2-20,32-33,35,39H,21-26H2,1H3/t32-,33-,35+/m0/s1. The van der Waals surface area contributed by atoms with Crippen LogP contribution in [0.4, 0.5) is 5.69 Å². The molecule has 0 aromatic heterocycles. The Morgan fingerprint density at radius 3 is 1.94 bits per heavy atom. The minimum Gasteiger partial charge on any atom is -0.460 e. The molecule has 4 aromatic carbocycles. The first-order valence-electron chi connectivity index (χ1n) is 15.6. The number of fused-ring (bicyclic) bond motifs is 1. The highest BCUT2D eigenvalue weighted by molar-refractivity contribution is 6.02. The van der Waals surface area contributed by atoms with E-state index in [1.165, 1.54) is 11.8 Å². The van der Waals surface area contributed by atoms with Gasteiger partial charge in [-0.1, -0.05) is 109 Å². The van der Waals surface area contributed by atoms with Crippen LogP contribution in [0.2, 0.25) is 0 Å². The van der Waals surface area contributed by atoms with Crippen molar-refractivity contribution in [2.45, 2.75) is 57.6 Å². The zero-order chi connectivity index (χ0) is 33.0. The number of ether oxygens (including phenoxy) is 3. The van der Waals surface area contributed by atoms with Gasteiger partial charge in [0.05, 0.1) is 11.7 Å². The summed E-state index contributed by atoms with van der Waals surface area (Å²) in [5.41, 5.74) is 3.67. The van der Waals surface area contributed by atoms with Gasteiger partial charge in [-0.3, -0.25) is 29.4 Å². The lowest BCUT2D eigenvalue weighted by atomic mass is 10.00. The van der Waals surface area contributed by atoms with Crippen LogP contribution >= 0.6 is 0 Å². The van der Waals surface area contributed by atoms with Gasteiger partial charge in [0.25, 0.3) is 0 Å². The van der Waals surface area contributed by atoms with E-state index in [0.29, 0.717) is 24.1 Å². The molecule has 0 saturated carbocycles. The van der Waals surface area contributed by atoms with Crippen LogP contribution in [0, 0.1) is 0 Å². The molecule has 0 unspecified atom stereocenters. The monoisotopic (exact) mass is 634 g/mol. The van der Waals surface area contributed by atoms with Crippen LogP contribution < -0.4 is 10.2 Å². The minimum absolute atomic E-state index is 0.0405. The van der Waals surface area contributed by atoms with Crippen LogP contribution in [-0.2, 0) is 53.0 Å². The Hall–Kier alpha value is -5.28. The fraction of sp³-hybridized carbons (Fsp3) is 0.263. The Bertz CT molecular complexity index is 1650. The molecule has 1 N–H and O–H groups in total. The molecule has 3 atom stereocenters. The molecule has 0 bridgehead atoms. The molecule has 0 spiro atoms. The first-order chi connectivity index (χ1) is 22.9. The van der Waals surface area contributed by atoms with E-state index in [4.69, 9.17) is 14.2 Å². The van der Waals surface area contributed by atoms with E-state index < -0.39 is 42.0 Å². The summed E-state index contributed by atoms with van der Waals surface area (Å²) < 4.78 is 17.0. The highest BCUT2D eigenvalue weighted by atomic mass is 16.5. The van der Waals surface area contributed by atoms with Crippen LogP contribution in [-0.4, -0.2) is 42.4 Å². The quantitative estimate of drug-likeness (QED) is 0.152. The fourth-order valence-corrected chi connectivity index (χ4v) is 5.58. The van der Waals surface area contributed by atoms with Crippen molar-refractivity contribution >= 4 is 29.5 Å². The summed E-state index contributed by atoms with van der Waals surface area (Å²) in [5, 5.41) is 3.24. The second-order valence-electron chi connectivity index (χ2n) is 11.4. The summed E-state index contributed by atoms with van der Waals surface area (Å²) >= 11 is 0. The lowest BCUT2D eigenvalue weighted by molar-refractivity contribution is -0.150. The maximum Gasteiger partial charge on any atom is 0.326 e. The third-order valence-electron chi connectivity index (χ3n) is 7.90. The highest BCUT2D eigenvalue weighted by Crippen LogP contribution is 2.36. The van der Waals surface area contributed by atoms with Crippen LogP contribution in [0.3, 0.4) is 0 Å². The highest BCUT2D eigenvalue weighted by Gasteiger charge is 2.39. The van der Waals surface area contributed by atoms with Crippen LogP contribution in [0.1, 0.15) is 48.1 Å². The van der Waals surface area contributed by atoms with Crippen molar-refractivity contribution in [3.8, 4) is 0 Å². The predicted molar refractivity (Wildman–Crippen MR) is 176 cm³/mol. The van der Waals surface area contributed by atoms with Crippen molar-refractivity contribution in [1.29, 1.82) is 0 Å². The number of nitrogens with one attached hydrogen (secondary N) is 1. The number of amides is 1. The third kappa shape index (κ3) is 9.37. The Morgan fingerprint density at radius 2 is 1.32 bits per heavy atom. The van der Waals surface area contributed by atoms with Crippen LogP contribution in [0.25, 0.3) is 0 Å². The van der Waals surface area contributed by atoms with E-state index in [-0.39, 0.29) is 26.2 Å². The number of para-hydroxylation sites is 1. The zero-order valence-corrected chi connectivity index (χ0v) is 26.2. The Morgan fingerprint density at radius 1 is 0.766 bits per heavy atom. The predicted octanol–water partition coefficient (Wildman–Crippen LogP) is 5.47. The molecule has 4 aromatic rings. The minimum atomic E-state index is -1.00. The maximum atomic E-state index is 14.3. The van der Waals surface area contributed by atoms with Crippen molar-refractivity contribution in [3.05, 3.63) is 138 Å². The number of hydrogen-bond acceptors (Lipinski definition) is 8. The Kier molecular flexibility index (Phi) is 11.5. The molecule has 9 heteroatoms. The summed E-state index contributed by atoms with van der Waals surface area (Å²) in [7, 11) is 0. The fourth-order valence-electron chi connectivity index (χ4n) is 5.58. The number of carbonyl (C=O) groups is 4. The molecule has 0 fully saturated rings. The number of aryl methyl sites for hydroxylation is 1. The van der Waals surface area contributed by atoms with Crippen molar-refractivity contribution < 1.29 is 33.4 Å². The van der Waals surface area contributed by atoms with E-state index in [0.717, 1.165) is 16.7 Å². The summed E-state index contributed by atoms with van der Waals surface area (Å²) in [6.07, 6.45) is 0.110. The summed E-state index contributed by atoms with van der Waals surface area (Å²) in [6, 6.07) is 33.4. The maximum absolute atomic E-state index is 14.3. The molecule has 1 heterocycles. The van der Waals surface area contributed by atoms with Crippen molar-refractivity contribution in [1.82, 2.24) is 5.32 Å². The molecule has 1 amide bonds. The van der Waals surface area contributed by atoms with Crippen LogP contribution in [0.5, 0.6) is 0 Å². The number of hydrogen-bond donors (Lipinski definition) is 1. The molecule has 0 aliphatic carbocycles. The van der Waals surface area contributed by atoms with E-state index in [1.54, 1.807) is 24.3 Å². The molecule has 5 rings (SSSR count). The van der Waals surface area contributed by atoms with Gasteiger partial charge in [0, 0.05) is 18.9 Å². The number of benzene rings is 4. The third-order valence-corrected chi connectivity index (χ3v) is 7.90. The van der Waals surface area contributed by atoms with Crippen molar-refractivity contribution in [2.75, 3.05) is 11.4 Å². The average molecular weight is 635 g/mol. The lowest BCUT2D eigenvalue weighted by Crippen LogP contribution is -2.53. The van der Waals surface area contributed by atoms with Gasteiger partial charge >= 0.3 is 17.9 Å². The molecule has 0 radical (unpaired) electrons. The topological polar surface area (TPSA) is 111 Å². The Labute approximate surface area is 274 Å². The molecule has 1 aliphatic rings. The van der Waals surface area contributed by atoms with Crippen molar-refractivity contribution in [2.24, 2.45) is 0 Å². The number of carbonyl (C=O) groups excluding carboxylic acids is 4. The second-order valence-corrected chi connectivity index (χ2v) is 11.4. The molecule has 242 valence electrons. The first-order valence-corrected chi connectivity index (χ1v) is 15.6.